The van der Waals surface area contributed by atoms with Gasteiger partial charge >= 0.3 is 0 Å². The summed E-state index contributed by atoms with van der Waals surface area (Å²) in [7, 11) is 0. The molecule has 0 spiro atoms. The lowest BCUT2D eigenvalue weighted by Crippen LogP contribution is -2.38. The van der Waals surface area contributed by atoms with Crippen LogP contribution in [0.2, 0.25) is 0 Å². The number of rotatable bonds is 6. The number of aryl methyl sites for hydroxylation is 1. The predicted octanol–water partition coefficient (Wildman–Crippen LogP) is 4.49. The van der Waals surface area contributed by atoms with E-state index < -0.39 is 0 Å². The van der Waals surface area contributed by atoms with Crippen LogP contribution < -0.4 is 0 Å². The van der Waals surface area contributed by atoms with Crippen LogP contribution in [0.15, 0.2) is 29.2 Å². The number of likely N-dealkylation sites (tertiary alicyclic amines) is 1. The Labute approximate surface area is 177 Å². The molecule has 3 rings (SSSR count). The quantitative estimate of drug-likeness (QED) is 0.506. The number of thioether (sulfide) groups is 1. The number of amides is 2. The summed E-state index contributed by atoms with van der Waals surface area (Å²) >= 11 is 6.75. The fourth-order valence-electron chi connectivity index (χ4n) is 3.50. The van der Waals surface area contributed by atoms with Crippen LogP contribution in [0, 0.1) is 5.92 Å². The largest absolute Gasteiger partial charge is 0.343 e. The van der Waals surface area contributed by atoms with E-state index in [0.29, 0.717) is 34.5 Å². The summed E-state index contributed by atoms with van der Waals surface area (Å²) in [6.45, 7) is 6.59. The number of hydrogen-bond acceptors (Lipinski definition) is 4. The fourth-order valence-corrected chi connectivity index (χ4v) is 4.81. The van der Waals surface area contributed by atoms with Crippen molar-refractivity contribution in [1.82, 2.24) is 9.80 Å². The van der Waals surface area contributed by atoms with E-state index in [1.54, 1.807) is 4.90 Å². The molecule has 0 N–H and O–H groups in total. The molecule has 2 heterocycles. The topological polar surface area (TPSA) is 40.6 Å². The normalized spacial score (nSPS) is 19.7. The van der Waals surface area contributed by atoms with Gasteiger partial charge in [0.1, 0.15) is 4.32 Å². The maximum atomic E-state index is 12.7. The number of hydrogen-bond donors (Lipinski definition) is 0. The van der Waals surface area contributed by atoms with Crippen molar-refractivity contribution < 1.29 is 9.59 Å². The summed E-state index contributed by atoms with van der Waals surface area (Å²) in [5, 5.41) is 0. The van der Waals surface area contributed by atoms with Gasteiger partial charge in [-0.15, -0.1) is 0 Å². The summed E-state index contributed by atoms with van der Waals surface area (Å²) in [5.74, 6) is 0.863. The molecule has 0 unspecified atom stereocenters. The van der Waals surface area contributed by atoms with Crippen LogP contribution in [0.25, 0.3) is 6.08 Å². The lowest BCUT2D eigenvalue weighted by Gasteiger charge is -2.30. The van der Waals surface area contributed by atoms with Gasteiger partial charge in [-0.1, -0.05) is 62.1 Å². The molecule has 0 bridgehead atoms. The van der Waals surface area contributed by atoms with Gasteiger partial charge in [-0.05, 0) is 48.8 Å². The first kappa shape index (κ1) is 21.1. The highest BCUT2D eigenvalue weighted by atomic mass is 32.2. The van der Waals surface area contributed by atoms with Gasteiger partial charge in [0.05, 0.1) is 4.91 Å². The standard InChI is InChI=1S/C22H28N2O2S2/c1-3-17-6-8-18(9-7-17)15-19-21(26)24(22(27)28-19)12-4-5-20(25)23-13-10-16(2)11-14-23/h6-9,15-16H,3-5,10-14H2,1-2H3. The molecular weight excluding hydrogens is 388 g/mol. The Morgan fingerprint density at radius 2 is 1.93 bits per heavy atom. The second kappa shape index (κ2) is 9.70. The molecule has 0 aromatic heterocycles. The van der Waals surface area contributed by atoms with Crippen LogP contribution in [-0.4, -0.2) is 45.6 Å². The van der Waals surface area contributed by atoms with Crippen molar-refractivity contribution in [3.63, 3.8) is 0 Å². The first-order valence-corrected chi connectivity index (χ1v) is 11.3. The Kier molecular flexibility index (Phi) is 7.30. The molecule has 6 heteroatoms. The lowest BCUT2D eigenvalue weighted by molar-refractivity contribution is -0.133. The molecule has 2 aliphatic heterocycles. The first-order chi connectivity index (χ1) is 13.5. The van der Waals surface area contributed by atoms with Crippen molar-refractivity contribution in [2.45, 2.75) is 46.0 Å². The highest BCUT2D eigenvalue weighted by molar-refractivity contribution is 8.26. The molecule has 4 nitrogen and oxygen atoms in total. The number of benzene rings is 1. The first-order valence-electron chi connectivity index (χ1n) is 10.1. The lowest BCUT2D eigenvalue weighted by atomic mass is 9.99. The van der Waals surface area contributed by atoms with Crippen molar-refractivity contribution in [3.05, 3.63) is 40.3 Å². The van der Waals surface area contributed by atoms with E-state index in [9.17, 15) is 9.59 Å². The summed E-state index contributed by atoms with van der Waals surface area (Å²) in [5.41, 5.74) is 2.28. The van der Waals surface area contributed by atoms with Crippen molar-refractivity contribution >= 4 is 46.2 Å². The van der Waals surface area contributed by atoms with Gasteiger partial charge in [-0.3, -0.25) is 14.5 Å². The van der Waals surface area contributed by atoms with Crippen molar-refractivity contribution in [2.75, 3.05) is 19.6 Å². The molecule has 0 atom stereocenters. The molecule has 2 aliphatic rings. The minimum Gasteiger partial charge on any atom is -0.343 e. The van der Waals surface area contributed by atoms with Gasteiger partial charge in [-0.25, -0.2) is 0 Å². The smallest absolute Gasteiger partial charge is 0.266 e. The second-order valence-corrected chi connectivity index (χ2v) is 9.27. The Hall–Kier alpha value is -1.66. The predicted molar refractivity (Wildman–Crippen MR) is 120 cm³/mol. The van der Waals surface area contributed by atoms with Crippen LogP contribution >= 0.6 is 24.0 Å². The SMILES string of the molecule is CCc1ccc(C=C2SC(=S)N(CCCC(=O)N3CCC(C)CC3)C2=O)cc1. The van der Waals surface area contributed by atoms with Crippen molar-refractivity contribution in [3.8, 4) is 0 Å². The molecular formula is C22H28N2O2S2. The monoisotopic (exact) mass is 416 g/mol. The molecule has 28 heavy (non-hydrogen) atoms. The summed E-state index contributed by atoms with van der Waals surface area (Å²) < 4.78 is 0.584. The van der Waals surface area contributed by atoms with Gasteiger partial charge in [0.25, 0.3) is 5.91 Å². The number of carbonyl (C=O) groups excluding carboxylic acids is 2. The fraction of sp³-hybridized carbons (Fsp3) is 0.500. The van der Waals surface area contributed by atoms with Crippen LogP contribution in [0.5, 0.6) is 0 Å². The van der Waals surface area contributed by atoms with Gasteiger partial charge in [-0.2, -0.15) is 0 Å². The average Bonchev–Trinajstić information content (AvgIpc) is 2.96. The minimum absolute atomic E-state index is 0.0474. The van der Waals surface area contributed by atoms with Gasteiger partial charge in [0, 0.05) is 26.1 Å². The Morgan fingerprint density at radius 1 is 1.25 bits per heavy atom. The highest BCUT2D eigenvalue weighted by Crippen LogP contribution is 2.32. The van der Waals surface area contributed by atoms with Crippen molar-refractivity contribution in [2.24, 2.45) is 5.92 Å². The molecule has 1 aromatic carbocycles. The molecule has 1 aromatic rings. The van der Waals surface area contributed by atoms with E-state index in [0.717, 1.165) is 37.9 Å². The maximum absolute atomic E-state index is 12.7. The Balaban J connectivity index is 1.52. The third kappa shape index (κ3) is 5.23. The zero-order chi connectivity index (χ0) is 20.1. The van der Waals surface area contributed by atoms with Crippen LogP contribution in [-0.2, 0) is 16.0 Å². The maximum Gasteiger partial charge on any atom is 0.266 e. The number of nitrogens with zero attached hydrogens (tertiary/aromatic N) is 2. The van der Waals surface area contributed by atoms with E-state index >= 15 is 0 Å². The third-order valence-corrected chi connectivity index (χ3v) is 6.85. The molecule has 2 amide bonds. The van der Waals surface area contributed by atoms with Gasteiger partial charge in [0.15, 0.2) is 0 Å². The molecule has 150 valence electrons. The molecule has 0 radical (unpaired) electrons. The molecule has 2 saturated heterocycles. The second-order valence-electron chi connectivity index (χ2n) is 7.60. The van der Waals surface area contributed by atoms with Gasteiger partial charge < -0.3 is 4.90 Å². The van der Waals surface area contributed by atoms with E-state index in [-0.39, 0.29) is 11.8 Å². The van der Waals surface area contributed by atoms with Crippen LogP contribution in [0.4, 0.5) is 0 Å². The van der Waals surface area contributed by atoms with Gasteiger partial charge in [0.2, 0.25) is 5.91 Å². The summed E-state index contributed by atoms with van der Waals surface area (Å²) in [4.78, 5) is 29.3. The van der Waals surface area contributed by atoms with Crippen LogP contribution in [0.3, 0.4) is 0 Å². The zero-order valence-electron chi connectivity index (χ0n) is 16.6. The molecule has 0 saturated carbocycles. The molecule has 0 aliphatic carbocycles. The van der Waals surface area contributed by atoms with Crippen LogP contribution in [0.1, 0.15) is 50.7 Å². The summed E-state index contributed by atoms with van der Waals surface area (Å²) in [6.07, 6.45) is 6.20. The third-order valence-electron chi connectivity index (χ3n) is 5.47. The van der Waals surface area contributed by atoms with E-state index in [1.807, 2.05) is 23.1 Å². The molecule has 2 fully saturated rings. The Bertz CT molecular complexity index is 765. The zero-order valence-corrected chi connectivity index (χ0v) is 18.3. The summed E-state index contributed by atoms with van der Waals surface area (Å²) in [6, 6.07) is 8.23. The number of thiocarbonyl (C=S) groups is 1. The van der Waals surface area contributed by atoms with E-state index in [1.165, 1.54) is 17.3 Å². The van der Waals surface area contributed by atoms with E-state index in [2.05, 4.69) is 26.0 Å². The number of piperidine rings is 1. The Morgan fingerprint density at radius 3 is 2.57 bits per heavy atom. The average molecular weight is 417 g/mol. The number of carbonyl (C=O) groups is 2. The minimum atomic E-state index is -0.0474. The van der Waals surface area contributed by atoms with Crippen molar-refractivity contribution in [1.29, 1.82) is 0 Å². The van der Waals surface area contributed by atoms with E-state index in [4.69, 9.17) is 12.2 Å². The highest BCUT2D eigenvalue weighted by Gasteiger charge is 2.31.